The molecule has 0 saturated carbocycles. The van der Waals surface area contributed by atoms with Crippen LogP contribution in [0.4, 0.5) is 5.69 Å². The van der Waals surface area contributed by atoms with Crippen molar-refractivity contribution in [3.63, 3.8) is 0 Å². The molecule has 1 aromatic carbocycles. The van der Waals surface area contributed by atoms with Gasteiger partial charge in [0.2, 0.25) is 5.91 Å². The predicted octanol–water partition coefficient (Wildman–Crippen LogP) is 1.88. The highest BCUT2D eigenvalue weighted by molar-refractivity contribution is 14.1. The molecule has 1 heterocycles. The SMILES string of the molecule is N#Cc1ccc2c(c1)CCN2C(=O)CI. The van der Waals surface area contributed by atoms with E-state index in [9.17, 15) is 4.79 Å². The number of nitrogens with zero attached hydrogens (tertiary/aromatic N) is 2. The molecular weight excluding hydrogens is 303 g/mol. The Hall–Kier alpha value is -1.09. The van der Waals surface area contributed by atoms with Crippen LogP contribution >= 0.6 is 22.6 Å². The first kappa shape index (κ1) is 10.4. The summed E-state index contributed by atoms with van der Waals surface area (Å²) >= 11 is 2.07. The minimum atomic E-state index is 0.138. The van der Waals surface area contributed by atoms with Crippen molar-refractivity contribution in [3.8, 4) is 6.07 Å². The lowest BCUT2D eigenvalue weighted by Crippen LogP contribution is -2.29. The Morgan fingerprint density at radius 1 is 1.60 bits per heavy atom. The third kappa shape index (κ3) is 1.84. The maximum atomic E-state index is 11.6. The summed E-state index contributed by atoms with van der Waals surface area (Å²) in [6, 6.07) is 7.61. The molecule has 3 nitrogen and oxygen atoms in total. The quantitative estimate of drug-likeness (QED) is 0.587. The highest BCUT2D eigenvalue weighted by Crippen LogP contribution is 2.28. The Morgan fingerprint density at radius 2 is 2.40 bits per heavy atom. The summed E-state index contributed by atoms with van der Waals surface area (Å²) in [7, 11) is 0. The minimum Gasteiger partial charge on any atom is -0.311 e. The van der Waals surface area contributed by atoms with Crippen molar-refractivity contribution in [2.45, 2.75) is 6.42 Å². The number of hydrogen-bond donors (Lipinski definition) is 0. The van der Waals surface area contributed by atoms with Gasteiger partial charge in [-0.3, -0.25) is 4.79 Å². The Kier molecular flexibility index (Phi) is 2.91. The van der Waals surface area contributed by atoms with Crippen LogP contribution in [0.2, 0.25) is 0 Å². The fraction of sp³-hybridized carbons (Fsp3) is 0.273. The zero-order valence-corrected chi connectivity index (χ0v) is 10.2. The summed E-state index contributed by atoms with van der Waals surface area (Å²) in [5.41, 5.74) is 2.74. The standard InChI is InChI=1S/C11H9IN2O/c12-6-11(15)14-4-3-9-5-8(7-13)1-2-10(9)14/h1-2,5H,3-4,6H2. The molecule has 0 aromatic heterocycles. The molecule has 15 heavy (non-hydrogen) atoms. The van der Waals surface area contributed by atoms with E-state index in [4.69, 9.17) is 5.26 Å². The van der Waals surface area contributed by atoms with Crippen LogP contribution in [0.15, 0.2) is 18.2 Å². The van der Waals surface area contributed by atoms with E-state index in [0.29, 0.717) is 9.99 Å². The van der Waals surface area contributed by atoms with Crippen molar-refractivity contribution < 1.29 is 4.79 Å². The van der Waals surface area contributed by atoms with E-state index < -0.39 is 0 Å². The van der Waals surface area contributed by atoms with Gasteiger partial charge in [0, 0.05) is 12.2 Å². The monoisotopic (exact) mass is 312 g/mol. The predicted molar refractivity (Wildman–Crippen MR) is 66.1 cm³/mol. The van der Waals surface area contributed by atoms with Crippen LogP contribution in [0, 0.1) is 11.3 Å². The molecule has 0 spiro atoms. The molecule has 0 bridgehead atoms. The van der Waals surface area contributed by atoms with E-state index >= 15 is 0 Å². The number of alkyl halides is 1. The number of fused-ring (bicyclic) bond motifs is 1. The summed E-state index contributed by atoms with van der Waals surface area (Å²) in [4.78, 5) is 13.4. The lowest BCUT2D eigenvalue weighted by Gasteiger charge is -2.15. The number of carbonyl (C=O) groups excluding carboxylic acids is 1. The van der Waals surface area contributed by atoms with Gasteiger partial charge in [-0.2, -0.15) is 5.26 Å². The second-order valence-corrected chi connectivity index (χ2v) is 4.15. The van der Waals surface area contributed by atoms with Crippen LogP contribution in [0.25, 0.3) is 0 Å². The van der Waals surface area contributed by atoms with Gasteiger partial charge in [-0.25, -0.2) is 0 Å². The van der Waals surface area contributed by atoms with Crippen LogP contribution < -0.4 is 4.90 Å². The molecule has 1 amide bonds. The number of hydrogen-bond acceptors (Lipinski definition) is 2. The number of rotatable bonds is 1. The molecule has 4 heteroatoms. The number of benzene rings is 1. The molecule has 1 aliphatic rings. The number of anilines is 1. The average molecular weight is 312 g/mol. The van der Waals surface area contributed by atoms with Gasteiger partial charge in [-0.15, -0.1) is 0 Å². The molecule has 76 valence electrons. The van der Waals surface area contributed by atoms with Gasteiger partial charge >= 0.3 is 0 Å². The molecule has 0 fully saturated rings. The van der Waals surface area contributed by atoms with Gasteiger partial charge < -0.3 is 4.90 Å². The highest BCUT2D eigenvalue weighted by Gasteiger charge is 2.23. The van der Waals surface area contributed by atoms with Crippen LogP contribution in [-0.4, -0.2) is 16.9 Å². The number of carbonyl (C=O) groups is 1. The summed E-state index contributed by atoms with van der Waals surface area (Å²) in [6.45, 7) is 0.742. The Bertz CT molecular complexity index is 450. The van der Waals surface area contributed by atoms with Crippen molar-refractivity contribution in [1.29, 1.82) is 5.26 Å². The molecule has 0 saturated heterocycles. The Morgan fingerprint density at radius 3 is 3.07 bits per heavy atom. The van der Waals surface area contributed by atoms with E-state index in [0.717, 1.165) is 24.2 Å². The third-order valence-electron chi connectivity index (χ3n) is 2.52. The second-order valence-electron chi connectivity index (χ2n) is 3.38. The zero-order valence-electron chi connectivity index (χ0n) is 8.03. The zero-order chi connectivity index (χ0) is 10.8. The van der Waals surface area contributed by atoms with E-state index in [1.807, 2.05) is 12.1 Å². The maximum absolute atomic E-state index is 11.6. The normalized spacial score (nSPS) is 13.5. The van der Waals surface area contributed by atoms with Crippen molar-refractivity contribution in [3.05, 3.63) is 29.3 Å². The lowest BCUT2D eigenvalue weighted by atomic mass is 10.1. The lowest BCUT2D eigenvalue weighted by molar-refractivity contribution is -0.115. The van der Waals surface area contributed by atoms with Crippen LogP contribution in [0.3, 0.4) is 0 Å². The van der Waals surface area contributed by atoms with Crippen LogP contribution in [-0.2, 0) is 11.2 Å². The first-order chi connectivity index (χ1) is 7.26. The van der Waals surface area contributed by atoms with Gasteiger partial charge in [0.25, 0.3) is 0 Å². The highest BCUT2D eigenvalue weighted by atomic mass is 127. The molecule has 1 aliphatic heterocycles. The number of amides is 1. The summed E-state index contributed by atoms with van der Waals surface area (Å²) < 4.78 is 0.497. The van der Waals surface area contributed by atoms with Crippen molar-refractivity contribution >= 4 is 34.2 Å². The summed E-state index contributed by atoms with van der Waals surface area (Å²) in [5, 5.41) is 8.76. The van der Waals surface area contributed by atoms with Gasteiger partial charge in [-0.05, 0) is 30.2 Å². The summed E-state index contributed by atoms with van der Waals surface area (Å²) in [6.07, 6.45) is 0.854. The fourth-order valence-electron chi connectivity index (χ4n) is 1.80. The minimum absolute atomic E-state index is 0.138. The van der Waals surface area contributed by atoms with Gasteiger partial charge in [0.05, 0.1) is 16.1 Å². The Balaban J connectivity index is 2.37. The van der Waals surface area contributed by atoms with Crippen LogP contribution in [0.5, 0.6) is 0 Å². The third-order valence-corrected chi connectivity index (χ3v) is 3.17. The molecule has 2 rings (SSSR count). The first-order valence-corrected chi connectivity index (χ1v) is 6.18. The molecule has 0 radical (unpaired) electrons. The smallest absolute Gasteiger partial charge is 0.236 e. The number of nitriles is 1. The molecule has 0 atom stereocenters. The van der Waals surface area contributed by atoms with E-state index in [1.165, 1.54) is 0 Å². The van der Waals surface area contributed by atoms with Crippen LogP contribution in [0.1, 0.15) is 11.1 Å². The molecular formula is C11H9IN2O. The largest absolute Gasteiger partial charge is 0.311 e. The average Bonchev–Trinajstić information content (AvgIpc) is 2.70. The van der Waals surface area contributed by atoms with Crippen molar-refractivity contribution in [2.24, 2.45) is 0 Å². The Labute approximate surface area is 102 Å². The second kappa shape index (κ2) is 4.19. The fourth-order valence-corrected chi connectivity index (χ4v) is 2.21. The van der Waals surface area contributed by atoms with E-state index in [1.54, 1.807) is 11.0 Å². The maximum Gasteiger partial charge on any atom is 0.236 e. The van der Waals surface area contributed by atoms with E-state index in [2.05, 4.69) is 28.7 Å². The molecule has 0 aliphatic carbocycles. The molecule has 0 unspecified atom stereocenters. The molecule has 1 aromatic rings. The topological polar surface area (TPSA) is 44.1 Å². The van der Waals surface area contributed by atoms with Crippen molar-refractivity contribution in [1.82, 2.24) is 0 Å². The first-order valence-electron chi connectivity index (χ1n) is 4.65. The van der Waals surface area contributed by atoms with Gasteiger partial charge in [0.15, 0.2) is 0 Å². The van der Waals surface area contributed by atoms with Gasteiger partial charge in [-0.1, -0.05) is 22.6 Å². The molecule has 0 N–H and O–H groups in total. The summed E-state index contributed by atoms with van der Waals surface area (Å²) in [5.74, 6) is 0.138. The van der Waals surface area contributed by atoms with Crippen molar-refractivity contribution in [2.75, 3.05) is 15.9 Å². The van der Waals surface area contributed by atoms with E-state index in [-0.39, 0.29) is 5.91 Å². The van der Waals surface area contributed by atoms with Gasteiger partial charge in [0.1, 0.15) is 0 Å². The number of halogens is 1.